The molecule has 2 saturated heterocycles. The number of aliphatic hydroxyl groups excluding tert-OH is 1. The van der Waals surface area contributed by atoms with E-state index in [2.05, 4.69) is 5.32 Å². The molecule has 23 heavy (non-hydrogen) atoms. The first kappa shape index (κ1) is 16.7. The Balaban J connectivity index is 1.31. The molecule has 3 aliphatic rings. The molecule has 1 saturated carbocycles. The first-order valence-corrected chi connectivity index (χ1v) is 9.07. The average molecular weight is 323 g/mol. The van der Waals surface area contributed by atoms with E-state index in [-0.39, 0.29) is 12.0 Å². The summed E-state index contributed by atoms with van der Waals surface area (Å²) >= 11 is 0. The molecule has 2 heterocycles. The fourth-order valence-corrected chi connectivity index (χ4v) is 3.64. The van der Waals surface area contributed by atoms with Crippen LogP contribution in [0.15, 0.2) is 0 Å². The summed E-state index contributed by atoms with van der Waals surface area (Å²) in [7, 11) is 0. The number of hydrogen-bond acceptors (Lipinski definition) is 4. The largest absolute Gasteiger partial charge is 0.392 e. The van der Waals surface area contributed by atoms with Gasteiger partial charge in [0.25, 0.3) is 0 Å². The highest BCUT2D eigenvalue weighted by molar-refractivity contribution is 5.81. The van der Waals surface area contributed by atoms with E-state index >= 15 is 0 Å². The Morgan fingerprint density at radius 2 is 1.78 bits per heavy atom. The maximum Gasteiger partial charge on any atom is 0.234 e. The molecule has 0 aromatic heterocycles. The molecule has 3 rings (SSSR count). The summed E-state index contributed by atoms with van der Waals surface area (Å²) in [5, 5.41) is 12.7. The third kappa shape index (κ3) is 4.91. The number of nitrogens with one attached hydrogen (secondary N) is 1. The third-order valence-electron chi connectivity index (χ3n) is 5.29. The van der Waals surface area contributed by atoms with Gasteiger partial charge in [0.15, 0.2) is 0 Å². The Hall–Kier alpha value is -1.14. The Labute approximate surface area is 138 Å². The van der Waals surface area contributed by atoms with Crippen molar-refractivity contribution in [2.24, 2.45) is 11.8 Å². The van der Waals surface area contributed by atoms with Gasteiger partial charge in [0.1, 0.15) is 0 Å². The number of aliphatic hydroxyl groups is 1. The number of rotatable bonds is 5. The van der Waals surface area contributed by atoms with Crippen LogP contribution in [0.4, 0.5) is 0 Å². The van der Waals surface area contributed by atoms with Crippen molar-refractivity contribution in [2.45, 2.75) is 44.6 Å². The van der Waals surface area contributed by atoms with E-state index in [0.29, 0.717) is 37.4 Å². The quantitative estimate of drug-likeness (QED) is 0.758. The molecule has 1 aliphatic carbocycles. The second kappa shape index (κ2) is 7.62. The number of carbonyl (C=O) groups is 2. The van der Waals surface area contributed by atoms with E-state index in [1.54, 1.807) is 0 Å². The molecule has 6 nitrogen and oxygen atoms in total. The van der Waals surface area contributed by atoms with Crippen molar-refractivity contribution < 1.29 is 14.7 Å². The van der Waals surface area contributed by atoms with Crippen molar-refractivity contribution in [2.75, 3.05) is 39.3 Å². The monoisotopic (exact) mass is 323 g/mol. The van der Waals surface area contributed by atoms with Gasteiger partial charge in [0, 0.05) is 32.1 Å². The van der Waals surface area contributed by atoms with Crippen LogP contribution >= 0.6 is 0 Å². The maximum absolute atomic E-state index is 12.0. The molecule has 3 fully saturated rings. The van der Waals surface area contributed by atoms with Crippen LogP contribution in [0.5, 0.6) is 0 Å². The number of likely N-dealkylation sites (tertiary alicyclic amines) is 2. The molecule has 0 aromatic carbocycles. The minimum atomic E-state index is -0.287. The Morgan fingerprint density at radius 3 is 2.43 bits per heavy atom. The fourth-order valence-electron chi connectivity index (χ4n) is 3.64. The number of piperidine rings is 2. The molecule has 130 valence electrons. The van der Waals surface area contributed by atoms with Crippen LogP contribution in [0.3, 0.4) is 0 Å². The van der Waals surface area contributed by atoms with Gasteiger partial charge in [-0.3, -0.25) is 14.5 Å². The van der Waals surface area contributed by atoms with E-state index < -0.39 is 0 Å². The van der Waals surface area contributed by atoms with Crippen molar-refractivity contribution in [3.05, 3.63) is 0 Å². The van der Waals surface area contributed by atoms with Crippen LogP contribution in [0.25, 0.3) is 0 Å². The predicted molar refractivity (Wildman–Crippen MR) is 86.7 cm³/mol. The lowest BCUT2D eigenvalue weighted by molar-refractivity contribution is -0.134. The van der Waals surface area contributed by atoms with Crippen LogP contribution in [0, 0.1) is 11.8 Å². The molecular formula is C17H29N3O3. The minimum absolute atomic E-state index is 0.0515. The Kier molecular flexibility index (Phi) is 5.54. The van der Waals surface area contributed by atoms with Crippen LogP contribution in [0.2, 0.25) is 0 Å². The van der Waals surface area contributed by atoms with Gasteiger partial charge >= 0.3 is 0 Å². The molecule has 2 amide bonds. The number of β-amino-alcohol motifs (C(OH)–C–C–N with tert-alkyl or cyclic N) is 1. The number of carbonyl (C=O) groups excluding carboxylic acids is 2. The van der Waals surface area contributed by atoms with Gasteiger partial charge in [-0.1, -0.05) is 0 Å². The van der Waals surface area contributed by atoms with Crippen molar-refractivity contribution in [3.63, 3.8) is 0 Å². The summed E-state index contributed by atoms with van der Waals surface area (Å²) in [4.78, 5) is 28.1. The van der Waals surface area contributed by atoms with E-state index in [0.717, 1.165) is 58.2 Å². The molecular weight excluding hydrogens is 294 g/mol. The van der Waals surface area contributed by atoms with E-state index in [1.807, 2.05) is 9.80 Å². The average Bonchev–Trinajstić information content (AvgIpc) is 3.38. The SMILES string of the molecule is O=C(CN1CCC[C@@H](O)C1)NCC1CCN(C(=O)C2CC2)CC1. The van der Waals surface area contributed by atoms with Gasteiger partial charge in [-0.15, -0.1) is 0 Å². The molecule has 0 bridgehead atoms. The lowest BCUT2D eigenvalue weighted by Crippen LogP contribution is -2.46. The zero-order chi connectivity index (χ0) is 16.2. The summed E-state index contributed by atoms with van der Waals surface area (Å²) in [5.41, 5.74) is 0. The number of hydrogen-bond donors (Lipinski definition) is 2. The van der Waals surface area contributed by atoms with Crippen LogP contribution in [-0.2, 0) is 9.59 Å². The van der Waals surface area contributed by atoms with Crippen molar-refractivity contribution in [1.29, 1.82) is 0 Å². The second-order valence-corrected chi connectivity index (χ2v) is 7.38. The standard InChI is InChI=1S/C17H29N3O3/c21-15-2-1-7-19(11-15)12-16(22)18-10-13-5-8-20(9-6-13)17(23)14-3-4-14/h13-15,21H,1-12H2,(H,18,22)/t15-/m1/s1. The van der Waals surface area contributed by atoms with Crippen LogP contribution in [0.1, 0.15) is 38.5 Å². The molecule has 6 heteroatoms. The summed E-state index contributed by atoms with van der Waals surface area (Å²) in [6, 6.07) is 0. The third-order valence-corrected chi connectivity index (χ3v) is 5.29. The van der Waals surface area contributed by atoms with Crippen LogP contribution in [-0.4, -0.2) is 72.1 Å². The maximum atomic E-state index is 12.0. The second-order valence-electron chi connectivity index (χ2n) is 7.38. The molecule has 0 aromatic rings. The highest BCUT2D eigenvalue weighted by Crippen LogP contribution is 2.32. The number of nitrogens with zero attached hydrogens (tertiary/aromatic N) is 2. The zero-order valence-electron chi connectivity index (χ0n) is 13.9. The number of amides is 2. The molecule has 1 atom stereocenters. The molecule has 0 radical (unpaired) electrons. The van der Waals surface area contributed by atoms with Gasteiger partial charge in [-0.25, -0.2) is 0 Å². The smallest absolute Gasteiger partial charge is 0.234 e. The highest BCUT2D eigenvalue weighted by Gasteiger charge is 2.34. The predicted octanol–water partition coefficient (Wildman–Crippen LogP) is 0.208. The van der Waals surface area contributed by atoms with E-state index in [1.165, 1.54) is 0 Å². The van der Waals surface area contributed by atoms with Gasteiger partial charge in [0.05, 0.1) is 12.6 Å². The Bertz CT molecular complexity index is 431. The van der Waals surface area contributed by atoms with Crippen molar-refractivity contribution in [3.8, 4) is 0 Å². The topological polar surface area (TPSA) is 72.9 Å². The summed E-state index contributed by atoms with van der Waals surface area (Å²) < 4.78 is 0. The highest BCUT2D eigenvalue weighted by atomic mass is 16.3. The fraction of sp³-hybridized carbons (Fsp3) is 0.882. The van der Waals surface area contributed by atoms with Crippen molar-refractivity contribution >= 4 is 11.8 Å². The van der Waals surface area contributed by atoms with Gasteiger partial charge in [-0.05, 0) is 51.0 Å². The molecule has 2 N–H and O–H groups in total. The normalized spacial score (nSPS) is 27.0. The van der Waals surface area contributed by atoms with Gasteiger partial charge in [-0.2, -0.15) is 0 Å². The summed E-state index contributed by atoms with van der Waals surface area (Å²) in [6.45, 7) is 4.28. The lowest BCUT2D eigenvalue weighted by atomic mass is 9.96. The first-order chi connectivity index (χ1) is 11.1. The zero-order valence-corrected chi connectivity index (χ0v) is 13.9. The lowest BCUT2D eigenvalue weighted by Gasteiger charge is -2.33. The molecule has 0 unspecified atom stereocenters. The van der Waals surface area contributed by atoms with Crippen LogP contribution < -0.4 is 5.32 Å². The van der Waals surface area contributed by atoms with E-state index in [9.17, 15) is 14.7 Å². The van der Waals surface area contributed by atoms with E-state index in [4.69, 9.17) is 0 Å². The minimum Gasteiger partial charge on any atom is -0.392 e. The van der Waals surface area contributed by atoms with Gasteiger partial charge < -0.3 is 15.3 Å². The molecule has 2 aliphatic heterocycles. The first-order valence-electron chi connectivity index (χ1n) is 9.07. The Morgan fingerprint density at radius 1 is 1.04 bits per heavy atom. The van der Waals surface area contributed by atoms with Gasteiger partial charge in [0.2, 0.25) is 11.8 Å². The summed E-state index contributed by atoms with van der Waals surface area (Å²) in [6.07, 6.45) is 5.63. The summed E-state index contributed by atoms with van der Waals surface area (Å²) in [5.74, 6) is 1.19. The molecule has 0 spiro atoms. The van der Waals surface area contributed by atoms with Crippen molar-refractivity contribution in [1.82, 2.24) is 15.1 Å².